The fraction of sp³-hybridized carbons (Fsp3) is 0.429. The highest BCUT2D eigenvalue weighted by Gasteiger charge is 2.15. The number of nitrogens with zero attached hydrogens (tertiary/aromatic N) is 2. The van der Waals surface area contributed by atoms with Crippen molar-refractivity contribution in [2.75, 3.05) is 11.9 Å². The lowest BCUT2D eigenvalue weighted by Gasteiger charge is -2.23. The third kappa shape index (κ3) is 2.73. The van der Waals surface area contributed by atoms with Crippen molar-refractivity contribution < 1.29 is 0 Å². The summed E-state index contributed by atoms with van der Waals surface area (Å²) < 4.78 is 0. The zero-order chi connectivity index (χ0) is 12.3. The van der Waals surface area contributed by atoms with E-state index in [0.29, 0.717) is 0 Å². The monoisotopic (exact) mass is 229 g/mol. The minimum Gasteiger partial charge on any atom is -0.368 e. The number of fused-ring (bicyclic) bond motifs is 1. The van der Waals surface area contributed by atoms with Gasteiger partial charge in [-0.3, -0.25) is 0 Å². The predicted molar refractivity (Wildman–Crippen MR) is 72.1 cm³/mol. The second kappa shape index (κ2) is 4.70. The molecule has 0 aliphatic carbocycles. The van der Waals surface area contributed by atoms with E-state index in [1.807, 2.05) is 12.1 Å². The Morgan fingerprint density at radius 3 is 2.76 bits per heavy atom. The zero-order valence-electron chi connectivity index (χ0n) is 10.7. The molecule has 0 atom stereocenters. The molecule has 0 fully saturated rings. The number of rotatable bonds is 4. The van der Waals surface area contributed by atoms with Crippen molar-refractivity contribution in [1.82, 2.24) is 10.2 Å². The molecule has 0 unspecified atom stereocenters. The van der Waals surface area contributed by atoms with Crippen molar-refractivity contribution in [1.29, 1.82) is 0 Å². The Hall–Kier alpha value is -1.64. The third-order valence-corrected chi connectivity index (χ3v) is 3.26. The highest BCUT2D eigenvalue weighted by atomic mass is 15.2. The molecule has 3 nitrogen and oxygen atoms in total. The molecular weight excluding hydrogens is 210 g/mol. The van der Waals surface area contributed by atoms with E-state index in [1.165, 1.54) is 0 Å². The normalized spacial score (nSPS) is 11.7. The number of hydrogen-bond acceptors (Lipinski definition) is 3. The van der Waals surface area contributed by atoms with E-state index in [9.17, 15) is 0 Å². The van der Waals surface area contributed by atoms with E-state index in [0.717, 1.165) is 29.6 Å². The van der Waals surface area contributed by atoms with Crippen molar-refractivity contribution in [3.05, 3.63) is 30.5 Å². The molecule has 0 saturated carbocycles. The maximum Gasteiger partial charge on any atom is 0.156 e. The molecule has 1 heterocycles. The van der Waals surface area contributed by atoms with Gasteiger partial charge >= 0.3 is 0 Å². The molecule has 0 radical (unpaired) electrons. The first-order valence-electron chi connectivity index (χ1n) is 6.07. The van der Waals surface area contributed by atoms with Crippen LogP contribution in [0, 0.1) is 5.41 Å². The van der Waals surface area contributed by atoms with Crippen LogP contribution in [0.15, 0.2) is 30.5 Å². The lowest BCUT2D eigenvalue weighted by Crippen LogP contribution is -2.22. The molecule has 0 aliphatic heterocycles. The third-order valence-electron chi connectivity index (χ3n) is 3.26. The van der Waals surface area contributed by atoms with Crippen molar-refractivity contribution in [2.24, 2.45) is 5.41 Å². The van der Waals surface area contributed by atoms with Gasteiger partial charge < -0.3 is 5.32 Å². The van der Waals surface area contributed by atoms with Gasteiger partial charge in [0, 0.05) is 17.3 Å². The Balaban J connectivity index is 2.24. The molecule has 3 heteroatoms. The molecule has 90 valence electrons. The summed E-state index contributed by atoms with van der Waals surface area (Å²) >= 11 is 0. The summed E-state index contributed by atoms with van der Waals surface area (Å²) in [5, 5.41) is 13.9. The zero-order valence-corrected chi connectivity index (χ0v) is 10.7. The highest BCUT2D eigenvalue weighted by Crippen LogP contribution is 2.23. The summed E-state index contributed by atoms with van der Waals surface area (Å²) in [5.74, 6) is 0.879. The van der Waals surface area contributed by atoms with E-state index in [-0.39, 0.29) is 5.41 Å². The minimum absolute atomic E-state index is 0.276. The van der Waals surface area contributed by atoms with Crippen LogP contribution in [0.2, 0.25) is 0 Å². The first-order valence-corrected chi connectivity index (χ1v) is 6.07. The SMILES string of the molecule is CCC(C)(C)CNc1nncc2ccccc12. The molecule has 2 aromatic rings. The quantitative estimate of drug-likeness (QED) is 0.872. The van der Waals surface area contributed by atoms with E-state index in [1.54, 1.807) is 6.20 Å². The molecule has 0 amide bonds. The molecule has 0 spiro atoms. The maximum absolute atomic E-state index is 4.18. The second-order valence-electron chi connectivity index (χ2n) is 5.15. The number of anilines is 1. The Labute approximate surface area is 102 Å². The summed E-state index contributed by atoms with van der Waals surface area (Å²) in [6, 6.07) is 8.18. The fourth-order valence-electron chi connectivity index (χ4n) is 1.61. The van der Waals surface area contributed by atoms with Crippen LogP contribution in [0.5, 0.6) is 0 Å². The van der Waals surface area contributed by atoms with Crippen molar-refractivity contribution in [3.8, 4) is 0 Å². The lowest BCUT2D eigenvalue weighted by molar-refractivity contribution is 0.376. The topological polar surface area (TPSA) is 37.8 Å². The van der Waals surface area contributed by atoms with Gasteiger partial charge in [-0.15, -0.1) is 5.10 Å². The summed E-state index contributed by atoms with van der Waals surface area (Å²) in [5.41, 5.74) is 0.276. The molecule has 17 heavy (non-hydrogen) atoms. The lowest BCUT2D eigenvalue weighted by atomic mass is 9.90. The first-order chi connectivity index (χ1) is 8.12. The fourth-order valence-corrected chi connectivity index (χ4v) is 1.61. The van der Waals surface area contributed by atoms with E-state index in [2.05, 4.69) is 48.4 Å². The first kappa shape index (κ1) is 11.8. The van der Waals surface area contributed by atoms with Gasteiger partial charge in [0.2, 0.25) is 0 Å². The van der Waals surface area contributed by atoms with Crippen LogP contribution in [-0.2, 0) is 0 Å². The van der Waals surface area contributed by atoms with Gasteiger partial charge in [-0.2, -0.15) is 5.10 Å². The van der Waals surface area contributed by atoms with Crippen LogP contribution >= 0.6 is 0 Å². The van der Waals surface area contributed by atoms with E-state index >= 15 is 0 Å². The average Bonchev–Trinajstić information content (AvgIpc) is 2.36. The predicted octanol–water partition coefficient (Wildman–Crippen LogP) is 3.48. The number of aromatic nitrogens is 2. The van der Waals surface area contributed by atoms with Crippen LogP contribution in [0.25, 0.3) is 10.8 Å². The molecular formula is C14H19N3. The van der Waals surface area contributed by atoms with Gasteiger partial charge in [0.05, 0.1) is 6.20 Å². The molecule has 2 rings (SSSR count). The van der Waals surface area contributed by atoms with Crippen molar-refractivity contribution in [2.45, 2.75) is 27.2 Å². The molecule has 1 N–H and O–H groups in total. The summed E-state index contributed by atoms with van der Waals surface area (Å²) in [7, 11) is 0. The van der Waals surface area contributed by atoms with E-state index < -0.39 is 0 Å². The highest BCUT2D eigenvalue weighted by molar-refractivity contribution is 5.90. The molecule has 1 aromatic heterocycles. The molecule has 1 aromatic carbocycles. The maximum atomic E-state index is 4.18. The van der Waals surface area contributed by atoms with Gasteiger partial charge in [0.25, 0.3) is 0 Å². The minimum atomic E-state index is 0.276. The summed E-state index contributed by atoms with van der Waals surface area (Å²) in [6.45, 7) is 7.61. The van der Waals surface area contributed by atoms with Crippen LogP contribution in [0.3, 0.4) is 0 Å². The van der Waals surface area contributed by atoms with Gasteiger partial charge in [-0.25, -0.2) is 0 Å². The van der Waals surface area contributed by atoms with Gasteiger partial charge in [0.1, 0.15) is 0 Å². The van der Waals surface area contributed by atoms with Crippen LogP contribution < -0.4 is 5.32 Å². The van der Waals surface area contributed by atoms with Crippen LogP contribution in [0.1, 0.15) is 27.2 Å². The average molecular weight is 229 g/mol. The summed E-state index contributed by atoms with van der Waals surface area (Å²) in [6.07, 6.45) is 2.93. The van der Waals surface area contributed by atoms with Gasteiger partial charge in [-0.05, 0) is 11.8 Å². The van der Waals surface area contributed by atoms with Crippen LogP contribution in [-0.4, -0.2) is 16.7 Å². The molecule has 0 saturated heterocycles. The van der Waals surface area contributed by atoms with Gasteiger partial charge in [0.15, 0.2) is 5.82 Å². The van der Waals surface area contributed by atoms with E-state index in [4.69, 9.17) is 0 Å². The smallest absolute Gasteiger partial charge is 0.156 e. The standard InChI is InChI=1S/C14H19N3/c1-4-14(2,3)10-15-13-12-8-6-5-7-11(12)9-16-17-13/h5-9H,4,10H2,1-3H3,(H,15,17). The van der Waals surface area contributed by atoms with Crippen molar-refractivity contribution in [3.63, 3.8) is 0 Å². The Morgan fingerprint density at radius 2 is 2.00 bits per heavy atom. The van der Waals surface area contributed by atoms with Crippen molar-refractivity contribution >= 4 is 16.6 Å². The molecule has 0 aliphatic rings. The Bertz CT molecular complexity index is 500. The number of nitrogens with one attached hydrogen (secondary N) is 1. The molecule has 0 bridgehead atoms. The largest absolute Gasteiger partial charge is 0.368 e. The van der Waals surface area contributed by atoms with Gasteiger partial charge in [-0.1, -0.05) is 45.0 Å². The second-order valence-corrected chi connectivity index (χ2v) is 5.15. The number of benzene rings is 1. The Kier molecular flexibility index (Phi) is 3.27. The Morgan fingerprint density at radius 1 is 1.24 bits per heavy atom. The summed E-state index contributed by atoms with van der Waals surface area (Å²) in [4.78, 5) is 0. The van der Waals surface area contributed by atoms with Crippen LogP contribution in [0.4, 0.5) is 5.82 Å². The number of hydrogen-bond donors (Lipinski definition) is 1.